The van der Waals surface area contributed by atoms with Crippen LogP contribution in [0.2, 0.25) is 0 Å². The number of aliphatic hydroxyl groups is 1. The molecule has 0 bridgehead atoms. The first-order chi connectivity index (χ1) is 18.3. The van der Waals surface area contributed by atoms with Crippen molar-refractivity contribution in [2.75, 3.05) is 11.5 Å². The smallest absolute Gasteiger partial charge is 0.282 e. The van der Waals surface area contributed by atoms with Crippen molar-refractivity contribution in [1.29, 1.82) is 0 Å². The van der Waals surface area contributed by atoms with Crippen molar-refractivity contribution < 1.29 is 23.2 Å². The van der Waals surface area contributed by atoms with Crippen LogP contribution in [0.4, 0.5) is 20.3 Å². The van der Waals surface area contributed by atoms with Gasteiger partial charge in [-0.2, -0.15) is 4.98 Å². The van der Waals surface area contributed by atoms with E-state index in [0.29, 0.717) is 22.6 Å². The number of aryl methyl sites for hydroxylation is 1. The van der Waals surface area contributed by atoms with Crippen LogP contribution in [0.15, 0.2) is 59.5 Å². The molecule has 1 amide bonds. The van der Waals surface area contributed by atoms with Gasteiger partial charge in [0.15, 0.2) is 5.82 Å². The van der Waals surface area contributed by atoms with Gasteiger partial charge in [0, 0.05) is 30.5 Å². The van der Waals surface area contributed by atoms with Crippen LogP contribution in [-0.4, -0.2) is 58.1 Å². The lowest BCUT2D eigenvalue weighted by molar-refractivity contribution is -0.0925. The predicted octanol–water partition coefficient (Wildman–Crippen LogP) is 3.77. The van der Waals surface area contributed by atoms with Gasteiger partial charge in [0.25, 0.3) is 5.91 Å². The second-order valence-electron chi connectivity index (χ2n) is 9.19. The van der Waals surface area contributed by atoms with Crippen molar-refractivity contribution in [3.63, 3.8) is 0 Å². The van der Waals surface area contributed by atoms with Crippen LogP contribution in [0.25, 0.3) is 17.0 Å². The highest BCUT2D eigenvalue weighted by Crippen LogP contribution is 2.48. The average molecular weight is 521 g/mol. The second kappa shape index (κ2) is 9.10. The molecule has 13 heteroatoms. The van der Waals surface area contributed by atoms with Gasteiger partial charge in [-0.3, -0.25) is 14.1 Å². The number of fused-ring (bicyclic) bond motifs is 1. The number of anilines is 2. The van der Waals surface area contributed by atoms with E-state index in [1.54, 1.807) is 47.1 Å². The first-order valence-corrected chi connectivity index (χ1v) is 11.9. The largest absolute Gasteiger partial charge is 0.394 e. The highest BCUT2D eigenvalue weighted by atomic mass is 19.3. The maximum absolute atomic E-state index is 14.0. The first-order valence-electron chi connectivity index (χ1n) is 11.9. The molecule has 0 radical (unpaired) electrons. The summed E-state index contributed by atoms with van der Waals surface area (Å²) in [5, 5.41) is 21.5. The average Bonchev–Trinajstić information content (AvgIpc) is 3.64. The summed E-state index contributed by atoms with van der Waals surface area (Å²) in [6.07, 6.45) is 4.15. The number of rotatable bonds is 7. The van der Waals surface area contributed by atoms with Crippen molar-refractivity contribution in [1.82, 2.24) is 34.5 Å². The summed E-state index contributed by atoms with van der Waals surface area (Å²) in [5.41, 5.74) is 2.66. The number of aliphatic hydroxyl groups excluding tert-OH is 1. The molecular weight excluding hydrogens is 498 g/mol. The van der Waals surface area contributed by atoms with E-state index >= 15 is 0 Å². The molecule has 6 rings (SSSR count). The molecule has 4 heterocycles. The van der Waals surface area contributed by atoms with Crippen LogP contribution in [0, 0.1) is 6.92 Å². The van der Waals surface area contributed by atoms with Crippen LogP contribution >= 0.6 is 0 Å². The molecule has 0 unspecified atom stereocenters. The molecule has 38 heavy (non-hydrogen) atoms. The Kier molecular flexibility index (Phi) is 5.71. The highest BCUT2D eigenvalue weighted by molar-refractivity contribution is 6.10. The number of amides is 1. The molecule has 4 aromatic heterocycles. The maximum atomic E-state index is 14.0. The number of hydrogen-bond donors (Lipinski definition) is 1. The molecule has 1 aliphatic carbocycles. The second-order valence-corrected chi connectivity index (χ2v) is 9.19. The van der Waals surface area contributed by atoms with E-state index < -0.39 is 17.7 Å². The first kappa shape index (κ1) is 23.9. The Hall–Kier alpha value is -4.52. The number of carbonyl (C=O) groups excluding carboxylic acids is 1. The normalized spacial score (nSPS) is 15.1. The van der Waals surface area contributed by atoms with E-state index in [4.69, 9.17) is 4.52 Å². The standard InChI is InChI=1S/C25H22F2N8O3/c1-15-5-6-16(22-29-23(38-31-22)17-11-25(26,27)12-17)10-18(15)35(21-14-33(8-9-36)32-30-21)24(37)19-13-28-20-4-2-3-7-34(19)20/h2-7,10,13-14,17,36H,8-9,11-12H2,1H3. The van der Waals surface area contributed by atoms with Gasteiger partial charge < -0.3 is 9.63 Å². The Balaban J connectivity index is 1.42. The molecule has 1 aromatic carbocycles. The third kappa shape index (κ3) is 4.20. The minimum Gasteiger partial charge on any atom is -0.394 e. The number of aromatic nitrogens is 7. The van der Waals surface area contributed by atoms with E-state index in [9.17, 15) is 18.7 Å². The van der Waals surface area contributed by atoms with Gasteiger partial charge in [0.2, 0.25) is 17.6 Å². The Bertz CT molecular complexity index is 1630. The van der Waals surface area contributed by atoms with Gasteiger partial charge in [-0.25, -0.2) is 18.4 Å². The van der Waals surface area contributed by atoms with Crippen LogP contribution in [0.1, 0.15) is 40.7 Å². The van der Waals surface area contributed by atoms with Crippen molar-refractivity contribution in [2.24, 2.45) is 0 Å². The summed E-state index contributed by atoms with van der Waals surface area (Å²) >= 11 is 0. The van der Waals surface area contributed by atoms with E-state index in [-0.39, 0.29) is 43.5 Å². The quantitative estimate of drug-likeness (QED) is 0.344. The lowest BCUT2D eigenvalue weighted by Gasteiger charge is -2.31. The Morgan fingerprint density at radius 2 is 2.11 bits per heavy atom. The number of nitrogens with zero attached hydrogens (tertiary/aromatic N) is 8. The molecular formula is C25H22F2N8O3. The van der Waals surface area contributed by atoms with Crippen LogP contribution in [-0.2, 0) is 6.54 Å². The molecule has 0 spiro atoms. The molecule has 1 N–H and O–H groups in total. The summed E-state index contributed by atoms with van der Waals surface area (Å²) in [5.74, 6) is -2.97. The maximum Gasteiger partial charge on any atom is 0.282 e. The predicted molar refractivity (Wildman–Crippen MR) is 130 cm³/mol. The van der Waals surface area contributed by atoms with Crippen molar-refractivity contribution >= 4 is 23.1 Å². The van der Waals surface area contributed by atoms with E-state index in [1.165, 1.54) is 15.8 Å². The Labute approximate surface area is 214 Å². The van der Waals surface area contributed by atoms with Gasteiger partial charge in [-0.05, 0) is 30.7 Å². The van der Waals surface area contributed by atoms with Crippen LogP contribution in [0.5, 0.6) is 0 Å². The highest BCUT2D eigenvalue weighted by Gasteiger charge is 2.48. The fourth-order valence-corrected chi connectivity index (χ4v) is 4.49. The minimum atomic E-state index is -2.71. The Morgan fingerprint density at radius 3 is 2.89 bits per heavy atom. The lowest BCUT2D eigenvalue weighted by Crippen LogP contribution is -2.33. The molecule has 0 atom stereocenters. The molecule has 194 valence electrons. The minimum absolute atomic E-state index is 0.147. The zero-order chi connectivity index (χ0) is 26.4. The third-order valence-corrected chi connectivity index (χ3v) is 6.51. The molecule has 11 nitrogen and oxygen atoms in total. The summed E-state index contributed by atoms with van der Waals surface area (Å²) in [4.78, 5) is 24.1. The molecule has 1 saturated carbocycles. The van der Waals surface area contributed by atoms with Gasteiger partial charge in [-0.1, -0.05) is 28.6 Å². The Morgan fingerprint density at radius 1 is 1.26 bits per heavy atom. The van der Waals surface area contributed by atoms with E-state index in [2.05, 4.69) is 25.4 Å². The number of carbonyl (C=O) groups is 1. The number of halogens is 2. The third-order valence-electron chi connectivity index (χ3n) is 6.51. The summed E-state index contributed by atoms with van der Waals surface area (Å²) in [6, 6.07) is 10.7. The number of alkyl halides is 2. The van der Waals surface area contributed by atoms with Gasteiger partial charge in [-0.15, -0.1) is 5.10 Å². The van der Waals surface area contributed by atoms with Crippen molar-refractivity contribution in [3.05, 3.63) is 72.1 Å². The molecule has 5 aromatic rings. The van der Waals surface area contributed by atoms with Gasteiger partial charge in [0.1, 0.15) is 11.3 Å². The SMILES string of the molecule is Cc1ccc(-c2noc(C3CC(F)(F)C3)n2)cc1N(C(=O)c1cnc2ccccn12)c1cn(CCO)nn1. The van der Waals surface area contributed by atoms with Gasteiger partial charge >= 0.3 is 0 Å². The van der Waals surface area contributed by atoms with E-state index in [0.717, 1.165) is 5.56 Å². The lowest BCUT2D eigenvalue weighted by atomic mass is 9.81. The van der Waals surface area contributed by atoms with Crippen LogP contribution in [0.3, 0.4) is 0 Å². The number of benzene rings is 1. The molecule has 0 aliphatic heterocycles. The fraction of sp³-hybridized carbons (Fsp3) is 0.280. The molecule has 0 saturated heterocycles. The number of hydrogen-bond acceptors (Lipinski definition) is 8. The summed E-state index contributed by atoms with van der Waals surface area (Å²) in [6.45, 7) is 1.89. The zero-order valence-electron chi connectivity index (χ0n) is 20.2. The molecule has 1 fully saturated rings. The van der Waals surface area contributed by atoms with Crippen molar-refractivity contribution in [2.45, 2.75) is 38.2 Å². The monoisotopic (exact) mass is 520 g/mol. The number of imidazole rings is 1. The zero-order valence-corrected chi connectivity index (χ0v) is 20.2. The van der Waals surface area contributed by atoms with Gasteiger partial charge in [0.05, 0.1) is 31.2 Å². The van der Waals surface area contributed by atoms with Crippen LogP contribution < -0.4 is 4.90 Å². The fourth-order valence-electron chi connectivity index (χ4n) is 4.49. The van der Waals surface area contributed by atoms with Crippen molar-refractivity contribution in [3.8, 4) is 11.4 Å². The number of pyridine rings is 1. The summed E-state index contributed by atoms with van der Waals surface area (Å²) < 4.78 is 35.0. The van der Waals surface area contributed by atoms with E-state index in [1.807, 2.05) is 13.0 Å². The topological polar surface area (TPSA) is 127 Å². The summed E-state index contributed by atoms with van der Waals surface area (Å²) in [7, 11) is 0. The molecule has 1 aliphatic rings.